The van der Waals surface area contributed by atoms with Crippen LogP contribution in [0.15, 0.2) is 53.1 Å². The molecule has 1 aliphatic rings. The van der Waals surface area contributed by atoms with Crippen LogP contribution in [0.3, 0.4) is 0 Å². The number of hydrogen-bond donors (Lipinski definition) is 1. The molecule has 4 rings (SSSR count). The number of furan rings is 1. The molecule has 0 radical (unpaired) electrons. The first-order valence-electron chi connectivity index (χ1n) is 10.3. The molecule has 3 aromatic rings. The Bertz CT molecular complexity index is 1120. The Morgan fingerprint density at radius 3 is 2.55 bits per heavy atom. The summed E-state index contributed by atoms with van der Waals surface area (Å²) in [6.07, 6.45) is 4.83. The van der Waals surface area contributed by atoms with Gasteiger partial charge in [0.1, 0.15) is 5.58 Å². The molecule has 2 amide bonds. The van der Waals surface area contributed by atoms with Crippen LogP contribution >= 0.6 is 0 Å². The van der Waals surface area contributed by atoms with Crippen LogP contribution in [0.4, 0.5) is 5.69 Å². The summed E-state index contributed by atoms with van der Waals surface area (Å²) < 4.78 is 10.9. The van der Waals surface area contributed by atoms with E-state index in [1.807, 2.05) is 12.1 Å². The first-order chi connectivity index (χ1) is 15.0. The van der Waals surface area contributed by atoms with Gasteiger partial charge >= 0.3 is 5.97 Å². The van der Waals surface area contributed by atoms with Gasteiger partial charge in [-0.15, -0.1) is 0 Å². The van der Waals surface area contributed by atoms with E-state index in [4.69, 9.17) is 14.9 Å². The molecule has 0 bridgehead atoms. The summed E-state index contributed by atoms with van der Waals surface area (Å²) in [6.45, 7) is -0.301. The molecule has 0 saturated heterocycles. The highest BCUT2D eigenvalue weighted by atomic mass is 16.5. The molecule has 7 heteroatoms. The predicted molar refractivity (Wildman–Crippen MR) is 116 cm³/mol. The monoisotopic (exact) mass is 420 g/mol. The number of rotatable bonds is 8. The van der Waals surface area contributed by atoms with Crippen LogP contribution < -0.4 is 10.6 Å². The van der Waals surface area contributed by atoms with Gasteiger partial charge in [0.25, 0.3) is 5.91 Å². The summed E-state index contributed by atoms with van der Waals surface area (Å²) in [5.41, 5.74) is 9.95. The number of carbonyl (C=O) groups excluding carboxylic acids is 3. The highest BCUT2D eigenvalue weighted by molar-refractivity contribution is 5.96. The number of aryl methyl sites for hydroxylation is 2. The van der Waals surface area contributed by atoms with Crippen molar-refractivity contribution in [2.75, 3.05) is 18.1 Å². The fourth-order valence-corrected chi connectivity index (χ4v) is 3.94. The summed E-state index contributed by atoms with van der Waals surface area (Å²) in [5.74, 6) is -1.45. The van der Waals surface area contributed by atoms with Crippen molar-refractivity contribution in [2.24, 2.45) is 5.73 Å². The van der Waals surface area contributed by atoms with Gasteiger partial charge in [-0.05, 0) is 54.7 Å². The summed E-state index contributed by atoms with van der Waals surface area (Å²) in [5, 5.41) is 0.913. The van der Waals surface area contributed by atoms with E-state index in [1.165, 1.54) is 16.0 Å². The minimum Gasteiger partial charge on any atom is -0.464 e. The second kappa shape index (κ2) is 9.04. The summed E-state index contributed by atoms with van der Waals surface area (Å²) in [6, 6.07) is 13.0. The molecule has 2 N–H and O–H groups in total. The number of amides is 2. The molecule has 31 heavy (non-hydrogen) atoms. The van der Waals surface area contributed by atoms with Crippen LogP contribution in [-0.4, -0.2) is 30.9 Å². The molecular weight excluding hydrogens is 396 g/mol. The number of primary amides is 1. The number of fused-ring (bicyclic) bond motifs is 2. The quantitative estimate of drug-likeness (QED) is 0.565. The molecule has 0 fully saturated rings. The highest BCUT2D eigenvalue weighted by Crippen LogP contribution is 2.30. The van der Waals surface area contributed by atoms with Gasteiger partial charge < -0.3 is 19.8 Å². The molecule has 0 unspecified atom stereocenters. The third-order valence-electron chi connectivity index (χ3n) is 5.51. The number of carbonyl (C=O) groups is 3. The summed E-state index contributed by atoms with van der Waals surface area (Å²) in [7, 11) is 0. The molecule has 1 aliphatic carbocycles. The molecule has 0 atom stereocenters. The lowest BCUT2D eigenvalue weighted by Crippen LogP contribution is -2.37. The van der Waals surface area contributed by atoms with E-state index in [1.54, 1.807) is 30.5 Å². The topological polar surface area (TPSA) is 103 Å². The Hall–Kier alpha value is -3.61. The zero-order valence-corrected chi connectivity index (χ0v) is 17.1. The molecule has 1 aromatic heterocycles. The fourth-order valence-electron chi connectivity index (χ4n) is 3.94. The second-order valence-corrected chi connectivity index (χ2v) is 7.67. The summed E-state index contributed by atoms with van der Waals surface area (Å²) >= 11 is 0. The molecule has 0 saturated carbocycles. The first-order valence-corrected chi connectivity index (χ1v) is 10.3. The maximum absolute atomic E-state index is 12.7. The summed E-state index contributed by atoms with van der Waals surface area (Å²) in [4.78, 5) is 37.7. The average Bonchev–Trinajstić information content (AvgIpc) is 3.38. The van der Waals surface area contributed by atoms with Crippen molar-refractivity contribution in [1.82, 2.24) is 0 Å². The van der Waals surface area contributed by atoms with Crippen LogP contribution in [0.2, 0.25) is 0 Å². The normalized spacial score (nSPS) is 12.5. The number of hydrogen-bond acceptors (Lipinski definition) is 5. The lowest BCUT2D eigenvalue weighted by atomic mass is 10.0. The van der Waals surface area contributed by atoms with Crippen LogP contribution in [-0.2, 0) is 38.4 Å². The Morgan fingerprint density at radius 2 is 1.81 bits per heavy atom. The van der Waals surface area contributed by atoms with E-state index in [0.29, 0.717) is 5.69 Å². The third kappa shape index (κ3) is 4.77. The molecule has 2 aromatic carbocycles. The van der Waals surface area contributed by atoms with Crippen LogP contribution in [0.25, 0.3) is 11.0 Å². The highest BCUT2D eigenvalue weighted by Gasteiger charge is 2.20. The van der Waals surface area contributed by atoms with E-state index < -0.39 is 24.4 Å². The number of nitrogens with zero attached hydrogens (tertiary/aromatic N) is 1. The van der Waals surface area contributed by atoms with Gasteiger partial charge in [-0.25, -0.2) is 0 Å². The molecule has 0 aliphatic heterocycles. The minimum absolute atomic E-state index is 0.0138. The molecule has 0 spiro atoms. The molecular formula is C24H24N2O5. The molecule has 7 nitrogen and oxygen atoms in total. The zero-order chi connectivity index (χ0) is 21.8. The SMILES string of the molecule is NC(=O)CCN(C(=O)COC(=O)Cc1coc2cc3c(cc12)CCC3)c1ccccc1. The number of nitrogens with two attached hydrogens (primary N) is 1. The maximum Gasteiger partial charge on any atom is 0.310 e. The van der Waals surface area contributed by atoms with Crippen LogP contribution in [0, 0.1) is 0 Å². The van der Waals surface area contributed by atoms with Gasteiger partial charge in [0.15, 0.2) is 6.61 Å². The second-order valence-electron chi connectivity index (χ2n) is 7.67. The molecule has 160 valence electrons. The van der Waals surface area contributed by atoms with Crippen molar-refractivity contribution in [2.45, 2.75) is 32.1 Å². The number of para-hydroxylation sites is 1. The largest absolute Gasteiger partial charge is 0.464 e. The van der Waals surface area contributed by atoms with Gasteiger partial charge in [-0.1, -0.05) is 18.2 Å². The number of ether oxygens (including phenoxy) is 1. The Morgan fingerprint density at radius 1 is 1.06 bits per heavy atom. The van der Waals surface area contributed by atoms with Crippen molar-refractivity contribution in [3.05, 3.63) is 65.4 Å². The molecule has 1 heterocycles. The predicted octanol–water partition coefficient (Wildman–Crippen LogP) is 2.92. The van der Waals surface area contributed by atoms with Gasteiger partial charge in [-0.2, -0.15) is 0 Å². The Labute approximate surface area is 179 Å². The van der Waals surface area contributed by atoms with E-state index in [-0.39, 0.29) is 19.4 Å². The number of anilines is 1. The number of esters is 1. The van der Waals surface area contributed by atoms with Crippen LogP contribution in [0.1, 0.15) is 29.5 Å². The van der Waals surface area contributed by atoms with Gasteiger partial charge in [0.2, 0.25) is 5.91 Å². The standard InChI is InChI=1S/C24H24N2O5/c25-22(27)9-10-26(19-7-2-1-3-8-19)23(28)15-31-24(29)13-18-14-30-21-12-17-6-4-5-16(17)11-20(18)21/h1-3,7-8,11-12,14H,4-6,9-10,13,15H2,(H2,25,27). The van der Waals surface area contributed by atoms with Crippen molar-refractivity contribution < 1.29 is 23.5 Å². The fraction of sp³-hybridized carbons (Fsp3) is 0.292. The van der Waals surface area contributed by atoms with Crippen molar-refractivity contribution in [3.63, 3.8) is 0 Å². The smallest absolute Gasteiger partial charge is 0.310 e. The van der Waals surface area contributed by atoms with Crippen LogP contribution in [0.5, 0.6) is 0 Å². The van der Waals surface area contributed by atoms with Gasteiger partial charge in [0, 0.05) is 29.6 Å². The lowest BCUT2D eigenvalue weighted by Gasteiger charge is -2.22. The zero-order valence-electron chi connectivity index (χ0n) is 17.1. The van der Waals surface area contributed by atoms with Crippen molar-refractivity contribution in [1.29, 1.82) is 0 Å². The first kappa shape index (κ1) is 20.7. The van der Waals surface area contributed by atoms with Crippen molar-refractivity contribution in [3.8, 4) is 0 Å². The van der Waals surface area contributed by atoms with Gasteiger partial charge in [0.05, 0.1) is 12.7 Å². The Kier molecular flexibility index (Phi) is 6.02. The van der Waals surface area contributed by atoms with Crippen molar-refractivity contribution >= 4 is 34.4 Å². The van der Waals surface area contributed by atoms with E-state index >= 15 is 0 Å². The van der Waals surface area contributed by atoms with E-state index in [2.05, 4.69) is 6.07 Å². The average molecular weight is 420 g/mol. The third-order valence-corrected chi connectivity index (χ3v) is 5.51. The maximum atomic E-state index is 12.7. The minimum atomic E-state index is -0.514. The van der Waals surface area contributed by atoms with E-state index in [9.17, 15) is 14.4 Å². The van der Waals surface area contributed by atoms with Gasteiger partial charge in [-0.3, -0.25) is 14.4 Å². The lowest BCUT2D eigenvalue weighted by molar-refractivity contribution is -0.147. The Balaban J connectivity index is 1.40. The number of benzene rings is 2. The van der Waals surface area contributed by atoms with E-state index in [0.717, 1.165) is 35.8 Å².